The second kappa shape index (κ2) is 4.45. The third-order valence-electron chi connectivity index (χ3n) is 1.02. The summed E-state index contributed by atoms with van der Waals surface area (Å²) in [6.45, 7) is 5.79. The molecule has 0 bridgehead atoms. The SMILES string of the molecule is CCCN(C#N)CC. The zero-order valence-electron chi connectivity index (χ0n) is 5.52. The summed E-state index contributed by atoms with van der Waals surface area (Å²) in [6.07, 6.45) is 3.14. The lowest BCUT2D eigenvalue weighted by Crippen LogP contribution is -2.17. The minimum atomic E-state index is 0.838. The van der Waals surface area contributed by atoms with Gasteiger partial charge < -0.3 is 4.90 Å². The molecule has 0 atom stereocenters. The highest BCUT2D eigenvalue weighted by molar-refractivity contribution is 4.70. The van der Waals surface area contributed by atoms with Crippen LogP contribution in [0.1, 0.15) is 20.3 Å². The van der Waals surface area contributed by atoms with Crippen LogP contribution in [0.2, 0.25) is 0 Å². The van der Waals surface area contributed by atoms with Gasteiger partial charge in [0.15, 0.2) is 6.19 Å². The Morgan fingerprint density at radius 1 is 1.50 bits per heavy atom. The summed E-state index contributed by atoms with van der Waals surface area (Å²) in [5.74, 6) is 0. The van der Waals surface area contributed by atoms with Gasteiger partial charge in [0, 0.05) is 13.1 Å². The molecule has 0 heterocycles. The van der Waals surface area contributed by atoms with Crippen molar-refractivity contribution in [2.24, 2.45) is 0 Å². The molecule has 0 spiro atoms. The van der Waals surface area contributed by atoms with Gasteiger partial charge in [-0.05, 0) is 13.3 Å². The topological polar surface area (TPSA) is 27.0 Å². The molecular formula is C6H12N2. The molecule has 0 rings (SSSR count). The van der Waals surface area contributed by atoms with Crippen LogP contribution in [-0.2, 0) is 0 Å². The van der Waals surface area contributed by atoms with Gasteiger partial charge in [0.1, 0.15) is 0 Å². The van der Waals surface area contributed by atoms with Gasteiger partial charge in [0.25, 0.3) is 0 Å². The molecule has 8 heavy (non-hydrogen) atoms. The van der Waals surface area contributed by atoms with E-state index < -0.39 is 0 Å². The van der Waals surface area contributed by atoms with Crippen LogP contribution in [0.25, 0.3) is 0 Å². The molecule has 0 unspecified atom stereocenters. The maximum absolute atomic E-state index is 8.33. The molecule has 0 aliphatic rings. The van der Waals surface area contributed by atoms with E-state index >= 15 is 0 Å². The van der Waals surface area contributed by atoms with Crippen LogP contribution in [0.4, 0.5) is 0 Å². The van der Waals surface area contributed by atoms with E-state index in [4.69, 9.17) is 5.26 Å². The first-order chi connectivity index (χ1) is 3.85. The van der Waals surface area contributed by atoms with E-state index in [1.165, 1.54) is 0 Å². The Labute approximate surface area is 50.7 Å². The van der Waals surface area contributed by atoms with Crippen molar-refractivity contribution < 1.29 is 0 Å². The van der Waals surface area contributed by atoms with Crippen LogP contribution in [0.5, 0.6) is 0 Å². The van der Waals surface area contributed by atoms with Crippen molar-refractivity contribution >= 4 is 0 Å². The van der Waals surface area contributed by atoms with Gasteiger partial charge in [0.05, 0.1) is 0 Å². The first-order valence-electron chi connectivity index (χ1n) is 2.99. The summed E-state index contributed by atoms with van der Waals surface area (Å²) >= 11 is 0. The summed E-state index contributed by atoms with van der Waals surface area (Å²) in [7, 11) is 0. The summed E-state index contributed by atoms with van der Waals surface area (Å²) < 4.78 is 0. The van der Waals surface area contributed by atoms with Crippen molar-refractivity contribution in [3.63, 3.8) is 0 Å². The van der Waals surface area contributed by atoms with Crippen LogP contribution in [-0.4, -0.2) is 18.0 Å². The fraction of sp³-hybridized carbons (Fsp3) is 0.833. The number of nitrogens with zero attached hydrogens (tertiary/aromatic N) is 2. The molecule has 2 heteroatoms. The van der Waals surface area contributed by atoms with Crippen LogP contribution in [0, 0.1) is 11.5 Å². The van der Waals surface area contributed by atoms with E-state index in [1.54, 1.807) is 4.90 Å². The maximum Gasteiger partial charge on any atom is 0.179 e. The first kappa shape index (κ1) is 7.29. The van der Waals surface area contributed by atoms with Crippen molar-refractivity contribution in [2.75, 3.05) is 13.1 Å². The quantitative estimate of drug-likeness (QED) is 0.405. The molecule has 0 N–H and O–H groups in total. The molecule has 0 aromatic heterocycles. The largest absolute Gasteiger partial charge is 0.311 e. The summed E-state index contributed by atoms with van der Waals surface area (Å²) in [6, 6.07) is 0. The molecule has 0 fully saturated rings. The van der Waals surface area contributed by atoms with Crippen LogP contribution in [0.15, 0.2) is 0 Å². The van der Waals surface area contributed by atoms with Gasteiger partial charge in [-0.25, -0.2) is 0 Å². The Morgan fingerprint density at radius 3 is 2.25 bits per heavy atom. The predicted molar refractivity (Wildman–Crippen MR) is 33.2 cm³/mol. The Hall–Kier alpha value is -0.710. The Kier molecular flexibility index (Phi) is 4.05. The number of hydrogen-bond donors (Lipinski definition) is 0. The fourth-order valence-corrected chi connectivity index (χ4v) is 0.549. The van der Waals surface area contributed by atoms with Gasteiger partial charge in [-0.1, -0.05) is 6.92 Å². The average Bonchev–Trinajstić information content (AvgIpc) is 1.83. The smallest absolute Gasteiger partial charge is 0.179 e. The number of nitriles is 1. The lowest BCUT2D eigenvalue weighted by molar-refractivity contribution is 0.412. The Balaban J connectivity index is 3.26. The van der Waals surface area contributed by atoms with Crippen LogP contribution >= 0.6 is 0 Å². The molecule has 0 radical (unpaired) electrons. The molecule has 0 amide bonds. The van der Waals surface area contributed by atoms with E-state index in [1.807, 2.05) is 6.92 Å². The van der Waals surface area contributed by atoms with Gasteiger partial charge >= 0.3 is 0 Å². The highest BCUT2D eigenvalue weighted by atomic mass is 15.1. The zero-order chi connectivity index (χ0) is 6.41. The molecule has 0 aromatic carbocycles. The lowest BCUT2D eigenvalue weighted by atomic mass is 10.4. The van der Waals surface area contributed by atoms with Crippen LogP contribution < -0.4 is 0 Å². The second-order valence-corrected chi connectivity index (χ2v) is 1.68. The number of hydrogen-bond acceptors (Lipinski definition) is 2. The predicted octanol–water partition coefficient (Wildman–Crippen LogP) is 1.20. The van der Waals surface area contributed by atoms with E-state index in [-0.39, 0.29) is 0 Å². The third kappa shape index (κ3) is 2.46. The molecule has 2 nitrogen and oxygen atoms in total. The normalized spacial score (nSPS) is 8.12. The van der Waals surface area contributed by atoms with Gasteiger partial charge in [0.2, 0.25) is 0 Å². The van der Waals surface area contributed by atoms with Crippen molar-refractivity contribution in [3.05, 3.63) is 0 Å². The van der Waals surface area contributed by atoms with Crippen molar-refractivity contribution in [2.45, 2.75) is 20.3 Å². The number of rotatable bonds is 3. The lowest BCUT2D eigenvalue weighted by Gasteiger charge is -2.09. The van der Waals surface area contributed by atoms with Crippen molar-refractivity contribution in [1.82, 2.24) is 4.90 Å². The van der Waals surface area contributed by atoms with Gasteiger partial charge in [-0.2, -0.15) is 5.26 Å². The fourth-order valence-electron chi connectivity index (χ4n) is 0.549. The standard InChI is InChI=1S/C6H12N2/c1-3-5-8(4-2)6-7/h3-5H2,1-2H3. The minimum absolute atomic E-state index is 0.838. The van der Waals surface area contributed by atoms with E-state index in [0.717, 1.165) is 19.5 Å². The molecule has 0 aromatic rings. The molecule has 0 aliphatic heterocycles. The maximum atomic E-state index is 8.33. The Bertz CT molecular complexity index is 83.0. The van der Waals surface area contributed by atoms with Crippen molar-refractivity contribution in [1.29, 1.82) is 5.26 Å². The summed E-state index contributed by atoms with van der Waals surface area (Å²) in [4.78, 5) is 1.74. The monoisotopic (exact) mass is 112 g/mol. The van der Waals surface area contributed by atoms with Gasteiger partial charge in [-0.3, -0.25) is 0 Å². The molecular weight excluding hydrogens is 100 g/mol. The first-order valence-corrected chi connectivity index (χ1v) is 2.99. The molecule has 0 saturated heterocycles. The zero-order valence-corrected chi connectivity index (χ0v) is 5.52. The highest BCUT2D eigenvalue weighted by Crippen LogP contribution is 1.85. The van der Waals surface area contributed by atoms with E-state index in [2.05, 4.69) is 13.1 Å². The van der Waals surface area contributed by atoms with Crippen molar-refractivity contribution in [3.8, 4) is 6.19 Å². The summed E-state index contributed by atoms with van der Waals surface area (Å²) in [5, 5.41) is 8.33. The highest BCUT2D eigenvalue weighted by Gasteiger charge is 1.91. The average molecular weight is 112 g/mol. The summed E-state index contributed by atoms with van der Waals surface area (Å²) in [5.41, 5.74) is 0. The van der Waals surface area contributed by atoms with Gasteiger partial charge in [-0.15, -0.1) is 0 Å². The molecule has 0 saturated carbocycles. The minimum Gasteiger partial charge on any atom is -0.311 e. The molecule has 46 valence electrons. The second-order valence-electron chi connectivity index (χ2n) is 1.68. The van der Waals surface area contributed by atoms with E-state index in [0.29, 0.717) is 0 Å². The van der Waals surface area contributed by atoms with Crippen LogP contribution in [0.3, 0.4) is 0 Å². The third-order valence-corrected chi connectivity index (χ3v) is 1.02. The molecule has 0 aliphatic carbocycles. The van der Waals surface area contributed by atoms with E-state index in [9.17, 15) is 0 Å². The Morgan fingerprint density at radius 2 is 2.12 bits per heavy atom.